The maximum atomic E-state index is 9.32. The Morgan fingerprint density at radius 1 is 1.17 bits per heavy atom. The first kappa shape index (κ1) is 9.85. The van der Waals surface area contributed by atoms with Crippen molar-refractivity contribution in [2.75, 3.05) is 6.61 Å². The van der Waals surface area contributed by atoms with E-state index in [1.807, 2.05) is 0 Å². The van der Waals surface area contributed by atoms with E-state index in [1.165, 1.54) is 0 Å². The first-order chi connectivity index (χ1) is 5.57. The van der Waals surface area contributed by atoms with Crippen molar-refractivity contribution in [1.82, 2.24) is 0 Å². The lowest BCUT2D eigenvalue weighted by molar-refractivity contribution is -0.215. The number of nitrogens with two attached hydrogens (primary N) is 2. The normalized spacial score (nSPS) is 49.2. The fourth-order valence-electron chi connectivity index (χ4n) is 1.17. The fraction of sp³-hybridized carbons (Fsp3) is 1.00. The van der Waals surface area contributed by atoms with Gasteiger partial charge in [0, 0.05) is 0 Å². The molecule has 0 aromatic carbocycles. The van der Waals surface area contributed by atoms with Gasteiger partial charge >= 0.3 is 0 Å². The second-order valence-corrected chi connectivity index (χ2v) is 2.89. The predicted molar refractivity (Wildman–Crippen MR) is 39.9 cm³/mol. The molecule has 6 heteroatoms. The van der Waals surface area contributed by atoms with Crippen LogP contribution in [0.15, 0.2) is 0 Å². The number of aliphatic hydroxyl groups excluding tert-OH is 3. The lowest BCUT2D eigenvalue weighted by atomic mass is 9.96. The fourth-order valence-corrected chi connectivity index (χ4v) is 1.17. The van der Waals surface area contributed by atoms with Gasteiger partial charge in [0.1, 0.15) is 6.10 Å². The van der Waals surface area contributed by atoms with Gasteiger partial charge < -0.3 is 31.5 Å². The maximum Gasteiger partial charge on any atom is 0.172 e. The van der Waals surface area contributed by atoms with Crippen LogP contribution < -0.4 is 11.5 Å². The maximum absolute atomic E-state index is 9.32. The molecule has 0 bridgehead atoms. The van der Waals surface area contributed by atoms with Crippen molar-refractivity contribution in [3.63, 3.8) is 0 Å². The molecule has 0 aromatic heterocycles. The molecule has 0 aliphatic carbocycles. The third-order valence-electron chi connectivity index (χ3n) is 2.04. The molecule has 0 saturated carbocycles. The highest BCUT2D eigenvalue weighted by molar-refractivity contribution is 4.93. The van der Waals surface area contributed by atoms with E-state index >= 15 is 0 Å². The SMILES string of the molecule is N[C@@H]1[C@H](O)[C@H](N)[C@@H](O)O[C@@H]1CO. The number of rotatable bonds is 1. The molecule has 0 spiro atoms. The third kappa shape index (κ3) is 1.58. The first-order valence-electron chi connectivity index (χ1n) is 3.71. The van der Waals surface area contributed by atoms with Crippen LogP contribution in [0.3, 0.4) is 0 Å². The van der Waals surface area contributed by atoms with E-state index in [9.17, 15) is 5.11 Å². The zero-order valence-electron chi connectivity index (χ0n) is 6.50. The van der Waals surface area contributed by atoms with E-state index in [0.717, 1.165) is 0 Å². The van der Waals surface area contributed by atoms with Gasteiger partial charge in [0.25, 0.3) is 0 Å². The molecule has 1 heterocycles. The van der Waals surface area contributed by atoms with Crippen LogP contribution in [0.1, 0.15) is 0 Å². The molecule has 0 unspecified atom stereocenters. The molecule has 1 saturated heterocycles. The van der Waals surface area contributed by atoms with Crippen molar-refractivity contribution < 1.29 is 20.1 Å². The number of hydrogen-bond acceptors (Lipinski definition) is 6. The summed E-state index contributed by atoms with van der Waals surface area (Å²) in [5, 5.41) is 27.1. The molecule has 72 valence electrons. The largest absolute Gasteiger partial charge is 0.394 e. The van der Waals surface area contributed by atoms with Crippen molar-refractivity contribution >= 4 is 0 Å². The topological polar surface area (TPSA) is 122 Å². The molecular formula is C6H14N2O4. The number of hydrogen-bond donors (Lipinski definition) is 5. The van der Waals surface area contributed by atoms with Crippen LogP contribution in [0.25, 0.3) is 0 Å². The Kier molecular flexibility index (Phi) is 2.99. The van der Waals surface area contributed by atoms with Crippen LogP contribution in [0.5, 0.6) is 0 Å². The lowest BCUT2D eigenvalue weighted by Gasteiger charge is -2.38. The van der Waals surface area contributed by atoms with Gasteiger partial charge in [-0.15, -0.1) is 0 Å². The van der Waals surface area contributed by atoms with Gasteiger partial charge in [-0.3, -0.25) is 0 Å². The zero-order chi connectivity index (χ0) is 9.30. The molecule has 12 heavy (non-hydrogen) atoms. The second-order valence-electron chi connectivity index (χ2n) is 2.89. The molecule has 0 radical (unpaired) electrons. The Morgan fingerprint density at radius 3 is 2.25 bits per heavy atom. The molecule has 1 rings (SSSR count). The van der Waals surface area contributed by atoms with Crippen molar-refractivity contribution in [2.24, 2.45) is 11.5 Å². The smallest absolute Gasteiger partial charge is 0.172 e. The van der Waals surface area contributed by atoms with Gasteiger partial charge in [-0.25, -0.2) is 0 Å². The molecule has 0 amide bonds. The minimum absolute atomic E-state index is 0.345. The van der Waals surface area contributed by atoms with Gasteiger partial charge in [-0.05, 0) is 0 Å². The van der Waals surface area contributed by atoms with Crippen LogP contribution >= 0.6 is 0 Å². The van der Waals surface area contributed by atoms with E-state index in [1.54, 1.807) is 0 Å². The van der Waals surface area contributed by atoms with Crippen LogP contribution in [0.4, 0.5) is 0 Å². The van der Waals surface area contributed by atoms with Crippen LogP contribution in [-0.2, 0) is 4.74 Å². The summed E-state index contributed by atoms with van der Waals surface area (Å²) >= 11 is 0. The van der Waals surface area contributed by atoms with E-state index < -0.39 is 30.6 Å². The van der Waals surface area contributed by atoms with Gasteiger partial charge in [-0.1, -0.05) is 0 Å². The van der Waals surface area contributed by atoms with Crippen LogP contribution in [0.2, 0.25) is 0 Å². The van der Waals surface area contributed by atoms with Crippen molar-refractivity contribution in [1.29, 1.82) is 0 Å². The second kappa shape index (κ2) is 3.65. The highest BCUT2D eigenvalue weighted by atomic mass is 16.6. The molecule has 1 aliphatic rings. The summed E-state index contributed by atoms with van der Waals surface area (Å²) in [6, 6.07) is -1.67. The van der Waals surface area contributed by atoms with E-state index in [2.05, 4.69) is 0 Å². The van der Waals surface area contributed by atoms with Gasteiger partial charge in [0.15, 0.2) is 6.29 Å². The van der Waals surface area contributed by atoms with Crippen molar-refractivity contribution in [3.05, 3.63) is 0 Å². The molecule has 6 nitrogen and oxygen atoms in total. The quantitative estimate of drug-likeness (QED) is 0.287. The predicted octanol–water partition coefficient (Wildman–Crippen LogP) is -3.29. The average Bonchev–Trinajstić information content (AvgIpc) is 2.08. The monoisotopic (exact) mass is 178 g/mol. The number of aliphatic hydroxyl groups is 3. The molecule has 1 aliphatic heterocycles. The summed E-state index contributed by atoms with van der Waals surface area (Å²) in [6.07, 6.45) is -3.07. The van der Waals surface area contributed by atoms with Crippen LogP contribution in [-0.4, -0.2) is 52.5 Å². The van der Waals surface area contributed by atoms with Crippen molar-refractivity contribution in [2.45, 2.75) is 30.6 Å². The summed E-state index contributed by atoms with van der Waals surface area (Å²) in [7, 11) is 0. The Hall–Kier alpha value is -0.240. The highest BCUT2D eigenvalue weighted by Crippen LogP contribution is 2.16. The third-order valence-corrected chi connectivity index (χ3v) is 2.04. The minimum Gasteiger partial charge on any atom is -0.394 e. The average molecular weight is 178 g/mol. The summed E-state index contributed by atoms with van der Waals surface area (Å²) in [5.41, 5.74) is 10.8. The van der Waals surface area contributed by atoms with E-state index in [4.69, 9.17) is 26.4 Å². The zero-order valence-corrected chi connectivity index (χ0v) is 6.50. The van der Waals surface area contributed by atoms with Gasteiger partial charge in [0.2, 0.25) is 0 Å². The Labute approximate surface area is 69.7 Å². The molecule has 7 N–H and O–H groups in total. The Balaban J connectivity index is 2.63. The molecular weight excluding hydrogens is 164 g/mol. The molecule has 5 atom stereocenters. The minimum atomic E-state index is -1.27. The molecule has 0 aromatic rings. The number of ether oxygens (including phenoxy) is 1. The summed E-state index contributed by atoms with van der Waals surface area (Å²) in [5.74, 6) is 0. The lowest BCUT2D eigenvalue weighted by Crippen LogP contribution is -2.64. The Bertz CT molecular complexity index is 152. The Morgan fingerprint density at radius 2 is 1.75 bits per heavy atom. The highest BCUT2D eigenvalue weighted by Gasteiger charge is 2.40. The summed E-state index contributed by atoms with van der Waals surface area (Å²) < 4.78 is 4.83. The summed E-state index contributed by atoms with van der Waals surface area (Å²) in [6.45, 7) is -0.345. The van der Waals surface area contributed by atoms with E-state index in [0.29, 0.717) is 0 Å². The standard InChI is InChI=1S/C6H14N2O4/c7-3-2(1-9)12-6(11)4(8)5(3)10/h2-6,9-11H,1,7-8H2/t2-,3+,4+,5+,6+/m1/s1. The van der Waals surface area contributed by atoms with E-state index in [-0.39, 0.29) is 6.61 Å². The van der Waals surface area contributed by atoms with Gasteiger partial charge in [0.05, 0.1) is 24.8 Å². The van der Waals surface area contributed by atoms with Crippen LogP contribution in [0, 0.1) is 0 Å². The van der Waals surface area contributed by atoms with Gasteiger partial charge in [-0.2, -0.15) is 0 Å². The summed E-state index contributed by atoms with van der Waals surface area (Å²) in [4.78, 5) is 0. The molecule has 1 fully saturated rings. The van der Waals surface area contributed by atoms with Crippen molar-refractivity contribution in [3.8, 4) is 0 Å². The first-order valence-corrected chi connectivity index (χ1v) is 3.71.